The van der Waals surface area contributed by atoms with Crippen LogP contribution in [0.1, 0.15) is 13.8 Å². The molecule has 0 aromatic rings. The molecule has 0 bridgehead atoms. The summed E-state index contributed by atoms with van der Waals surface area (Å²) < 4.78 is 5.11. The predicted octanol–water partition coefficient (Wildman–Crippen LogP) is -0.00650. The van der Waals surface area contributed by atoms with Crippen molar-refractivity contribution in [2.45, 2.75) is 32.0 Å². The van der Waals surface area contributed by atoms with Gasteiger partial charge >= 0.3 is 0 Å². The van der Waals surface area contributed by atoms with Crippen LogP contribution in [0.4, 0.5) is 0 Å². The van der Waals surface area contributed by atoms with Crippen LogP contribution in [-0.2, 0) is 4.74 Å². The van der Waals surface area contributed by atoms with Gasteiger partial charge < -0.3 is 9.84 Å². The number of hydrogen-bond acceptors (Lipinski definition) is 3. The van der Waals surface area contributed by atoms with Crippen LogP contribution >= 0.6 is 0 Å². The van der Waals surface area contributed by atoms with Crippen molar-refractivity contribution in [3.63, 3.8) is 0 Å². The van der Waals surface area contributed by atoms with E-state index < -0.39 is 6.10 Å². The van der Waals surface area contributed by atoms with E-state index in [4.69, 9.17) is 11.2 Å². The van der Waals surface area contributed by atoms with Gasteiger partial charge in [-0.3, -0.25) is 5.32 Å². The summed E-state index contributed by atoms with van der Waals surface area (Å²) in [6, 6.07) is 0.00444. The van der Waals surface area contributed by atoms with Crippen molar-refractivity contribution in [3.8, 4) is 12.3 Å². The molecule has 3 nitrogen and oxygen atoms in total. The zero-order valence-electron chi connectivity index (χ0n) is 8.16. The molecule has 1 saturated heterocycles. The van der Waals surface area contributed by atoms with E-state index in [9.17, 15) is 5.11 Å². The third kappa shape index (κ3) is 2.70. The smallest absolute Gasteiger partial charge is 0.0949 e. The molecule has 1 heterocycles. The van der Waals surface area contributed by atoms with Gasteiger partial charge in [0.15, 0.2) is 0 Å². The molecule has 0 saturated carbocycles. The van der Waals surface area contributed by atoms with Gasteiger partial charge in [0.25, 0.3) is 0 Å². The molecule has 0 aromatic heterocycles. The van der Waals surface area contributed by atoms with Gasteiger partial charge in [-0.2, -0.15) is 0 Å². The second kappa shape index (κ2) is 4.61. The maximum atomic E-state index is 9.46. The Morgan fingerprint density at radius 3 is 2.62 bits per heavy atom. The Hall–Kier alpha value is -0.560. The maximum absolute atomic E-state index is 9.46. The molecule has 3 unspecified atom stereocenters. The molecule has 0 spiro atoms. The van der Waals surface area contributed by atoms with E-state index >= 15 is 0 Å². The maximum Gasteiger partial charge on any atom is 0.0949 e. The van der Waals surface area contributed by atoms with Crippen LogP contribution in [0.15, 0.2) is 0 Å². The zero-order chi connectivity index (χ0) is 9.84. The monoisotopic (exact) mass is 183 g/mol. The van der Waals surface area contributed by atoms with Crippen LogP contribution in [0.5, 0.6) is 0 Å². The average Bonchev–Trinajstić information content (AvgIpc) is 2.46. The van der Waals surface area contributed by atoms with Crippen LogP contribution in [0.3, 0.4) is 0 Å². The highest BCUT2D eigenvalue weighted by molar-refractivity contribution is 5.02. The SMILES string of the molecule is C#CC(NC1COCC1O)C(C)C. The first-order chi connectivity index (χ1) is 6.15. The van der Waals surface area contributed by atoms with Crippen molar-refractivity contribution >= 4 is 0 Å². The van der Waals surface area contributed by atoms with Crippen molar-refractivity contribution in [1.29, 1.82) is 0 Å². The fraction of sp³-hybridized carbons (Fsp3) is 0.800. The van der Waals surface area contributed by atoms with Crippen LogP contribution < -0.4 is 5.32 Å². The fourth-order valence-corrected chi connectivity index (χ4v) is 1.37. The van der Waals surface area contributed by atoms with E-state index in [1.807, 2.05) is 0 Å². The molecule has 3 atom stereocenters. The molecule has 13 heavy (non-hydrogen) atoms. The lowest BCUT2D eigenvalue weighted by Gasteiger charge is -2.22. The van der Waals surface area contributed by atoms with Gasteiger partial charge in [0.2, 0.25) is 0 Å². The van der Waals surface area contributed by atoms with Crippen LogP contribution in [-0.4, -0.2) is 36.5 Å². The van der Waals surface area contributed by atoms with Gasteiger partial charge in [-0.15, -0.1) is 6.42 Å². The Kier molecular flexibility index (Phi) is 3.73. The molecular formula is C10H17NO2. The Morgan fingerprint density at radius 1 is 1.54 bits per heavy atom. The third-order valence-corrected chi connectivity index (χ3v) is 2.29. The summed E-state index contributed by atoms with van der Waals surface area (Å²) in [5.41, 5.74) is 0. The van der Waals surface area contributed by atoms with E-state index in [0.717, 1.165) is 0 Å². The van der Waals surface area contributed by atoms with E-state index in [2.05, 4.69) is 25.1 Å². The summed E-state index contributed by atoms with van der Waals surface area (Å²) in [4.78, 5) is 0. The topological polar surface area (TPSA) is 41.5 Å². The van der Waals surface area contributed by atoms with Crippen molar-refractivity contribution in [3.05, 3.63) is 0 Å². The summed E-state index contributed by atoms with van der Waals surface area (Å²) in [5, 5.41) is 12.7. The quantitative estimate of drug-likeness (QED) is 0.605. The molecule has 1 rings (SSSR count). The van der Waals surface area contributed by atoms with Crippen LogP contribution in [0, 0.1) is 18.3 Å². The van der Waals surface area contributed by atoms with Crippen molar-refractivity contribution in [1.82, 2.24) is 5.32 Å². The Bertz CT molecular complexity index is 198. The molecule has 3 heteroatoms. The third-order valence-electron chi connectivity index (χ3n) is 2.29. The predicted molar refractivity (Wildman–Crippen MR) is 51.2 cm³/mol. The number of nitrogens with one attached hydrogen (secondary N) is 1. The van der Waals surface area contributed by atoms with Gasteiger partial charge in [0.05, 0.1) is 31.4 Å². The summed E-state index contributed by atoms with van der Waals surface area (Å²) in [6.07, 6.45) is 4.94. The largest absolute Gasteiger partial charge is 0.389 e. The molecular weight excluding hydrogens is 166 g/mol. The highest BCUT2D eigenvalue weighted by Gasteiger charge is 2.28. The minimum atomic E-state index is -0.422. The van der Waals surface area contributed by atoms with E-state index in [1.165, 1.54) is 0 Å². The molecule has 1 fully saturated rings. The summed E-state index contributed by atoms with van der Waals surface area (Å²) in [5.74, 6) is 3.04. The lowest BCUT2D eigenvalue weighted by molar-refractivity contribution is 0.121. The second-order valence-corrected chi connectivity index (χ2v) is 3.77. The Labute approximate surface area is 79.5 Å². The molecule has 0 aliphatic carbocycles. The lowest BCUT2D eigenvalue weighted by Crippen LogP contribution is -2.46. The van der Waals surface area contributed by atoms with E-state index in [-0.39, 0.29) is 12.1 Å². The van der Waals surface area contributed by atoms with Gasteiger partial charge in [0, 0.05) is 0 Å². The second-order valence-electron chi connectivity index (χ2n) is 3.77. The van der Waals surface area contributed by atoms with Crippen molar-refractivity contribution < 1.29 is 9.84 Å². The van der Waals surface area contributed by atoms with Gasteiger partial charge in [-0.25, -0.2) is 0 Å². The first-order valence-corrected chi connectivity index (χ1v) is 4.63. The highest BCUT2D eigenvalue weighted by Crippen LogP contribution is 2.09. The fourth-order valence-electron chi connectivity index (χ4n) is 1.37. The van der Waals surface area contributed by atoms with Gasteiger partial charge in [-0.1, -0.05) is 19.8 Å². The van der Waals surface area contributed by atoms with E-state index in [0.29, 0.717) is 19.1 Å². The highest BCUT2D eigenvalue weighted by atomic mass is 16.5. The average molecular weight is 183 g/mol. The molecule has 1 aliphatic rings. The summed E-state index contributed by atoms with van der Waals surface area (Å²) in [6.45, 7) is 5.07. The molecule has 0 amide bonds. The molecule has 1 aliphatic heterocycles. The number of ether oxygens (including phenoxy) is 1. The van der Waals surface area contributed by atoms with Gasteiger partial charge in [0.1, 0.15) is 0 Å². The molecule has 0 radical (unpaired) electrons. The number of terminal acetylenes is 1. The lowest BCUT2D eigenvalue weighted by atomic mass is 10.0. The normalized spacial score (nSPS) is 30.4. The number of aliphatic hydroxyl groups excluding tert-OH is 1. The standard InChI is InChI=1S/C10H17NO2/c1-4-8(7(2)3)11-9-5-13-6-10(9)12/h1,7-12H,5-6H2,2-3H3. The Morgan fingerprint density at radius 2 is 2.23 bits per heavy atom. The van der Waals surface area contributed by atoms with E-state index in [1.54, 1.807) is 0 Å². The van der Waals surface area contributed by atoms with Gasteiger partial charge in [-0.05, 0) is 5.92 Å². The zero-order valence-corrected chi connectivity index (χ0v) is 8.16. The number of hydrogen-bond donors (Lipinski definition) is 2. The minimum absolute atomic E-state index is 0.0107. The summed E-state index contributed by atoms with van der Waals surface area (Å²) >= 11 is 0. The van der Waals surface area contributed by atoms with Crippen LogP contribution in [0.2, 0.25) is 0 Å². The van der Waals surface area contributed by atoms with Crippen LogP contribution in [0.25, 0.3) is 0 Å². The number of aliphatic hydroxyl groups is 1. The molecule has 2 N–H and O–H groups in total. The summed E-state index contributed by atoms with van der Waals surface area (Å²) in [7, 11) is 0. The molecule has 0 aromatic carbocycles. The first kappa shape index (κ1) is 10.5. The molecule has 74 valence electrons. The van der Waals surface area contributed by atoms with Crippen molar-refractivity contribution in [2.75, 3.05) is 13.2 Å². The number of rotatable bonds is 3. The Balaban J connectivity index is 2.42. The first-order valence-electron chi connectivity index (χ1n) is 4.63. The van der Waals surface area contributed by atoms with Crippen molar-refractivity contribution in [2.24, 2.45) is 5.92 Å². The minimum Gasteiger partial charge on any atom is -0.389 e.